The van der Waals surface area contributed by atoms with Gasteiger partial charge in [-0.05, 0) is 31.5 Å². The van der Waals surface area contributed by atoms with E-state index in [9.17, 15) is 0 Å². The second-order valence-electron chi connectivity index (χ2n) is 4.41. The van der Waals surface area contributed by atoms with Crippen LogP contribution in [0.25, 0.3) is 0 Å². The van der Waals surface area contributed by atoms with Crippen LogP contribution in [-0.2, 0) is 6.61 Å². The van der Waals surface area contributed by atoms with Crippen molar-refractivity contribution < 1.29 is 4.74 Å². The minimum Gasteiger partial charge on any atom is -0.487 e. The number of nitrogens with zero attached hydrogens (tertiary/aromatic N) is 2. The lowest BCUT2D eigenvalue weighted by Gasteiger charge is -2.08. The van der Waals surface area contributed by atoms with E-state index in [1.54, 1.807) is 0 Å². The first kappa shape index (κ1) is 12.5. The molecule has 18 heavy (non-hydrogen) atoms. The highest BCUT2D eigenvalue weighted by Gasteiger charge is 2.05. The second kappa shape index (κ2) is 5.58. The smallest absolute Gasteiger partial charge is 0.132 e. The van der Waals surface area contributed by atoms with Gasteiger partial charge in [0.15, 0.2) is 0 Å². The number of ether oxygens (including phenoxy) is 1. The molecule has 4 heteroatoms. The van der Waals surface area contributed by atoms with Crippen LogP contribution < -0.4 is 10.5 Å². The molecule has 0 saturated heterocycles. The van der Waals surface area contributed by atoms with Crippen molar-refractivity contribution in [3.63, 3.8) is 0 Å². The summed E-state index contributed by atoms with van der Waals surface area (Å²) >= 11 is 0. The number of hydrogen-bond acceptors (Lipinski definition) is 3. The monoisotopic (exact) mass is 245 g/mol. The summed E-state index contributed by atoms with van der Waals surface area (Å²) in [6.45, 7) is 4.76. The van der Waals surface area contributed by atoms with Gasteiger partial charge in [0.05, 0.1) is 5.69 Å². The molecule has 2 aromatic rings. The maximum Gasteiger partial charge on any atom is 0.132 e. The summed E-state index contributed by atoms with van der Waals surface area (Å²) in [6.07, 6.45) is 3.06. The zero-order valence-electron chi connectivity index (χ0n) is 10.8. The molecule has 0 aliphatic heterocycles. The fourth-order valence-electron chi connectivity index (χ4n) is 1.65. The lowest BCUT2D eigenvalue weighted by molar-refractivity contribution is 0.298. The van der Waals surface area contributed by atoms with Crippen molar-refractivity contribution in [1.29, 1.82) is 0 Å². The first-order chi connectivity index (χ1) is 8.69. The normalized spacial score (nSPS) is 12.3. The van der Waals surface area contributed by atoms with Gasteiger partial charge < -0.3 is 10.5 Å². The maximum atomic E-state index is 5.69. The molecule has 4 nitrogen and oxygen atoms in total. The molecule has 1 atom stereocenters. The Labute approximate surface area is 107 Å². The van der Waals surface area contributed by atoms with Crippen molar-refractivity contribution >= 4 is 5.69 Å². The van der Waals surface area contributed by atoms with Crippen molar-refractivity contribution in [1.82, 2.24) is 9.78 Å². The molecule has 0 spiro atoms. The van der Waals surface area contributed by atoms with Crippen LogP contribution in [0.1, 0.15) is 32.0 Å². The van der Waals surface area contributed by atoms with Crippen LogP contribution in [0.2, 0.25) is 0 Å². The molecule has 1 aromatic carbocycles. The minimum absolute atomic E-state index is 0.422. The lowest BCUT2D eigenvalue weighted by Crippen LogP contribution is -2.05. The molecule has 2 N–H and O–H groups in total. The van der Waals surface area contributed by atoms with E-state index in [0.29, 0.717) is 18.3 Å². The Hall–Kier alpha value is -1.97. The lowest BCUT2D eigenvalue weighted by atomic mass is 10.3. The summed E-state index contributed by atoms with van der Waals surface area (Å²) in [4.78, 5) is 0. The molecule has 1 unspecified atom stereocenters. The molecule has 96 valence electrons. The molecule has 0 radical (unpaired) electrons. The Kier molecular flexibility index (Phi) is 3.87. The van der Waals surface area contributed by atoms with Gasteiger partial charge in [0.1, 0.15) is 12.4 Å². The van der Waals surface area contributed by atoms with Gasteiger partial charge in [0.25, 0.3) is 0 Å². The first-order valence-corrected chi connectivity index (χ1v) is 6.21. The molecule has 2 rings (SSSR count). The number of benzene rings is 1. The largest absolute Gasteiger partial charge is 0.487 e. The number of aromatic nitrogens is 2. The highest BCUT2D eigenvalue weighted by atomic mass is 16.5. The number of nitrogen functional groups attached to an aromatic ring is 1. The average Bonchev–Trinajstić information content (AvgIpc) is 2.84. The SMILES string of the molecule is CCC(C)n1ccc(COc2cccc(N)c2)n1. The van der Waals surface area contributed by atoms with Crippen LogP contribution in [-0.4, -0.2) is 9.78 Å². The molecule has 0 aliphatic carbocycles. The number of anilines is 1. The van der Waals surface area contributed by atoms with Crippen LogP contribution in [0.5, 0.6) is 5.75 Å². The van der Waals surface area contributed by atoms with E-state index in [2.05, 4.69) is 18.9 Å². The highest BCUT2D eigenvalue weighted by Crippen LogP contribution is 2.16. The molecule has 0 fully saturated rings. The Bertz CT molecular complexity index is 507. The predicted octanol–water partition coefficient (Wildman–Crippen LogP) is 3.02. The molecular formula is C14H19N3O. The molecule has 0 bridgehead atoms. The first-order valence-electron chi connectivity index (χ1n) is 6.21. The molecule has 0 aliphatic rings. The quantitative estimate of drug-likeness (QED) is 0.824. The van der Waals surface area contributed by atoms with Gasteiger partial charge in [-0.1, -0.05) is 13.0 Å². The van der Waals surface area contributed by atoms with Crippen LogP contribution in [0.15, 0.2) is 36.5 Å². The van der Waals surface area contributed by atoms with E-state index in [4.69, 9.17) is 10.5 Å². The van der Waals surface area contributed by atoms with Crippen LogP contribution in [0.4, 0.5) is 5.69 Å². The summed E-state index contributed by atoms with van der Waals surface area (Å²) in [5.41, 5.74) is 7.32. The Morgan fingerprint density at radius 3 is 2.94 bits per heavy atom. The van der Waals surface area contributed by atoms with E-state index in [-0.39, 0.29) is 0 Å². The van der Waals surface area contributed by atoms with Crippen molar-refractivity contribution in [3.8, 4) is 5.75 Å². The van der Waals surface area contributed by atoms with Gasteiger partial charge in [0, 0.05) is 24.0 Å². The zero-order valence-corrected chi connectivity index (χ0v) is 10.8. The van der Waals surface area contributed by atoms with Crippen LogP contribution >= 0.6 is 0 Å². The average molecular weight is 245 g/mol. The second-order valence-corrected chi connectivity index (χ2v) is 4.41. The third-order valence-corrected chi connectivity index (χ3v) is 2.95. The van der Waals surface area contributed by atoms with Crippen molar-refractivity contribution in [2.45, 2.75) is 32.9 Å². The third-order valence-electron chi connectivity index (χ3n) is 2.95. The van der Waals surface area contributed by atoms with Gasteiger partial charge in [-0.25, -0.2) is 0 Å². The summed E-state index contributed by atoms with van der Waals surface area (Å²) in [5, 5.41) is 4.48. The van der Waals surface area contributed by atoms with E-state index in [0.717, 1.165) is 17.9 Å². The maximum absolute atomic E-state index is 5.69. The van der Waals surface area contributed by atoms with E-state index < -0.39 is 0 Å². The van der Waals surface area contributed by atoms with Crippen LogP contribution in [0.3, 0.4) is 0 Å². The van der Waals surface area contributed by atoms with Gasteiger partial charge >= 0.3 is 0 Å². The van der Waals surface area contributed by atoms with Gasteiger partial charge in [0.2, 0.25) is 0 Å². The van der Waals surface area contributed by atoms with E-state index in [1.807, 2.05) is 41.2 Å². The fraction of sp³-hybridized carbons (Fsp3) is 0.357. The number of rotatable bonds is 5. The summed E-state index contributed by atoms with van der Waals surface area (Å²) in [6, 6.07) is 9.82. The van der Waals surface area contributed by atoms with Crippen LogP contribution in [0, 0.1) is 0 Å². The minimum atomic E-state index is 0.422. The van der Waals surface area contributed by atoms with Gasteiger partial charge in [-0.15, -0.1) is 0 Å². The summed E-state index contributed by atoms with van der Waals surface area (Å²) < 4.78 is 7.61. The Morgan fingerprint density at radius 1 is 1.39 bits per heavy atom. The summed E-state index contributed by atoms with van der Waals surface area (Å²) in [5.74, 6) is 0.771. The van der Waals surface area contributed by atoms with Gasteiger partial charge in [-0.3, -0.25) is 4.68 Å². The number of nitrogens with two attached hydrogens (primary N) is 1. The third kappa shape index (κ3) is 3.03. The molecular weight excluding hydrogens is 226 g/mol. The molecule has 0 saturated carbocycles. The van der Waals surface area contributed by atoms with Crippen molar-refractivity contribution in [3.05, 3.63) is 42.2 Å². The number of hydrogen-bond donors (Lipinski definition) is 1. The molecule has 1 aromatic heterocycles. The fourth-order valence-corrected chi connectivity index (χ4v) is 1.65. The Morgan fingerprint density at radius 2 is 2.22 bits per heavy atom. The van der Waals surface area contributed by atoms with E-state index >= 15 is 0 Å². The summed E-state index contributed by atoms with van der Waals surface area (Å²) in [7, 11) is 0. The Balaban J connectivity index is 1.96. The van der Waals surface area contributed by atoms with Crippen molar-refractivity contribution in [2.75, 3.05) is 5.73 Å². The highest BCUT2D eigenvalue weighted by molar-refractivity contribution is 5.43. The molecule has 0 amide bonds. The van der Waals surface area contributed by atoms with Crippen molar-refractivity contribution in [2.24, 2.45) is 0 Å². The molecule has 1 heterocycles. The topological polar surface area (TPSA) is 53.1 Å². The van der Waals surface area contributed by atoms with E-state index in [1.165, 1.54) is 0 Å². The van der Waals surface area contributed by atoms with Gasteiger partial charge in [-0.2, -0.15) is 5.10 Å². The predicted molar refractivity (Wildman–Crippen MR) is 72.4 cm³/mol. The standard InChI is InChI=1S/C14H19N3O/c1-3-11(2)17-8-7-13(16-17)10-18-14-6-4-5-12(15)9-14/h4-9,11H,3,10,15H2,1-2H3. The zero-order chi connectivity index (χ0) is 13.0.